The minimum Gasteiger partial charge on any atom is -0.467 e. The number of aryl methyl sites for hydroxylation is 2. The molecule has 0 bridgehead atoms. The van der Waals surface area contributed by atoms with E-state index in [1.54, 1.807) is 30.5 Å². The van der Waals surface area contributed by atoms with Gasteiger partial charge in [0.05, 0.1) is 35.2 Å². The van der Waals surface area contributed by atoms with Crippen molar-refractivity contribution >= 4 is 29.3 Å². The first-order valence-electron chi connectivity index (χ1n) is 11.7. The van der Waals surface area contributed by atoms with Crippen LogP contribution in [0.15, 0.2) is 71.3 Å². The van der Waals surface area contributed by atoms with Gasteiger partial charge >= 0.3 is 5.97 Å². The molecule has 5 rings (SSSR count). The molecule has 0 N–H and O–H groups in total. The van der Waals surface area contributed by atoms with Gasteiger partial charge in [0, 0.05) is 17.0 Å². The third-order valence-electron chi connectivity index (χ3n) is 6.58. The van der Waals surface area contributed by atoms with Crippen molar-refractivity contribution in [3.05, 3.63) is 112 Å². The van der Waals surface area contributed by atoms with Gasteiger partial charge in [-0.15, -0.1) is 0 Å². The maximum absolute atomic E-state index is 13.1. The number of hydrogen-bond acceptors (Lipinski definition) is 6. The van der Waals surface area contributed by atoms with Gasteiger partial charge < -0.3 is 13.7 Å². The van der Waals surface area contributed by atoms with Crippen LogP contribution in [0.2, 0.25) is 0 Å². The van der Waals surface area contributed by atoms with Crippen molar-refractivity contribution in [1.82, 2.24) is 4.57 Å². The molecule has 2 aromatic heterocycles. The van der Waals surface area contributed by atoms with E-state index in [2.05, 4.69) is 0 Å². The van der Waals surface area contributed by atoms with Crippen molar-refractivity contribution < 1.29 is 28.3 Å². The second-order valence-electron chi connectivity index (χ2n) is 8.94. The van der Waals surface area contributed by atoms with Gasteiger partial charge in [-0.05, 0) is 68.8 Å². The van der Waals surface area contributed by atoms with E-state index in [4.69, 9.17) is 9.15 Å². The summed E-state index contributed by atoms with van der Waals surface area (Å²) in [6.45, 7) is 5.56. The molecule has 0 radical (unpaired) electrons. The summed E-state index contributed by atoms with van der Waals surface area (Å²) in [5, 5.41) is 0. The maximum atomic E-state index is 13.1. The standard InChI is InChI=1S/C29H24N2O6/c1-17-7-4-5-9-25(17)31-27(33)22-11-10-20(14-24(22)28(31)34)29(35)37-16-26(32)23-13-18(2)30(19(23)3)15-21-8-6-12-36-21/h4-14H,15-16H2,1-3H3. The van der Waals surface area contributed by atoms with E-state index < -0.39 is 24.4 Å². The zero-order valence-electron chi connectivity index (χ0n) is 20.6. The summed E-state index contributed by atoms with van der Waals surface area (Å²) in [6, 6.07) is 16.7. The summed E-state index contributed by atoms with van der Waals surface area (Å²) in [7, 11) is 0. The van der Waals surface area contributed by atoms with E-state index in [-0.39, 0.29) is 22.5 Å². The predicted octanol–water partition coefficient (Wildman–Crippen LogP) is 4.89. The number of imide groups is 1. The average Bonchev–Trinajstić information content (AvgIpc) is 3.57. The number of nitrogens with zero attached hydrogens (tertiary/aromatic N) is 2. The summed E-state index contributed by atoms with van der Waals surface area (Å²) in [6.07, 6.45) is 1.59. The van der Waals surface area contributed by atoms with Crippen LogP contribution >= 0.6 is 0 Å². The van der Waals surface area contributed by atoms with Gasteiger partial charge in [-0.1, -0.05) is 18.2 Å². The molecule has 37 heavy (non-hydrogen) atoms. The van der Waals surface area contributed by atoms with Gasteiger partial charge in [0.2, 0.25) is 5.78 Å². The minimum atomic E-state index is -0.755. The van der Waals surface area contributed by atoms with Crippen molar-refractivity contribution in [2.24, 2.45) is 0 Å². The van der Waals surface area contributed by atoms with Crippen molar-refractivity contribution in [2.75, 3.05) is 11.5 Å². The number of carbonyl (C=O) groups is 4. The molecule has 2 aromatic carbocycles. The van der Waals surface area contributed by atoms with Crippen LogP contribution in [0.3, 0.4) is 0 Å². The zero-order valence-corrected chi connectivity index (χ0v) is 20.6. The molecular formula is C29H24N2O6. The van der Waals surface area contributed by atoms with Gasteiger partial charge in [-0.3, -0.25) is 14.4 Å². The molecule has 0 spiro atoms. The molecule has 4 aromatic rings. The number of anilines is 1. The molecule has 0 atom stereocenters. The number of fused-ring (bicyclic) bond motifs is 1. The number of esters is 1. The number of benzene rings is 2. The van der Waals surface area contributed by atoms with E-state index in [0.29, 0.717) is 17.8 Å². The van der Waals surface area contributed by atoms with Crippen LogP contribution in [0.25, 0.3) is 0 Å². The second-order valence-corrected chi connectivity index (χ2v) is 8.94. The number of ketones is 1. The van der Waals surface area contributed by atoms with Crippen molar-refractivity contribution in [3.63, 3.8) is 0 Å². The zero-order chi connectivity index (χ0) is 26.3. The largest absolute Gasteiger partial charge is 0.467 e. The summed E-state index contributed by atoms with van der Waals surface area (Å²) >= 11 is 0. The SMILES string of the molecule is Cc1ccccc1N1C(=O)c2ccc(C(=O)OCC(=O)c3cc(C)n(Cc4ccco4)c3C)cc2C1=O. The summed E-state index contributed by atoms with van der Waals surface area (Å²) in [4.78, 5) is 52.7. The average molecular weight is 497 g/mol. The lowest BCUT2D eigenvalue weighted by atomic mass is 10.1. The normalized spacial score (nSPS) is 12.7. The monoisotopic (exact) mass is 496 g/mol. The van der Waals surface area contributed by atoms with Crippen molar-refractivity contribution in [1.29, 1.82) is 0 Å². The number of amides is 2. The first-order valence-corrected chi connectivity index (χ1v) is 11.7. The van der Waals surface area contributed by atoms with Gasteiger partial charge in [0.15, 0.2) is 6.61 Å². The summed E-state index contributed by atoms with van der Waals surface area (Å²) in [5.74, 6) is -1.29. The highest BCUT2D eigenvalue weighted by Crippen LogP contribution is 2.31. The summed E-state index contributed by atoms with van der Waals surface area (Å²) in [5.41, 5.74) is 3.77. The van der Waals surface area contributed by atoms with E-state index >= 15 is 0 Å². The highest BCUT2D eigenvalue weighted by atomic mass is 16.5. The molecule has 8 nitrogen and oxygen atoms in total. The third-order valence-corrected chi connectivity index (χ3v) is 6.58. The molecule has 0 saturated carbocycles. The van der Waals surface area contributed by atoms with Crippen LogP contribution in [-0.4, -0.2) is 34.7 Å². The second kappa shape index (κ2) is 9.39. The van der Waals surface area contributed by atoms with Crippen LogP contribution in [0, 0.1) is 20.8 Å². The van der Waals surface area contributed by atoms with Crippen LogP contribution < -0.4 is 4.90 Å². The van der Waals surface area contributed by atoms with Crippen LogP contribution in [0.4, 0.5) is 5.69 Å². The number of ether oxygens (including phenoxy) is 1. The lowest BCUT2D eigenvalue weighted by Crippen LogP contribution is -2.29. The van der Waals surface area contributed by atoms with Gasteiger partial charge in [-0.2, -0.15) is 0 Å². The highest BCUT2D eigenvalue weighted by Gasteiger charge is 2.37. The lowest BCUT2D eigenvalue weighted by molar-refractivity contribution is 0.0474. The predicted molar refractivity (Wildman–Crippen MR) is 135 cm³/mol. The van der Waals surface area contributed by atoms with E-state index in [0.717, 1.165) is 27.6 Å². The number of rotatable bonds is 7. The number of Topliss-reactive ketones (excluding diaryl/α,β-unsaturated/α-hetero) is 1. The Morgan fingerprint density at radius 1 is 0.892 bits per heavy atom. The molecule has 1 aliphatic rings. The fourth-order valence-corrected chi connectivity index (χ4v) is 4.58. The third kappa shape index (κ3) is 4.27. The van der Waals surface area contributed by atoms with Crippen molar-refractivity contribution in [2.45, 2.75) is 27.3 Å². The van der Waals surface area contributed by atoms with Crippen LogP contribution in [0.5, 0.6) is 0 Å². The topological polar surface area (TPSA) is 98.8 Å². The molecule has 1 aliphatic heterocycles. The Kier molecular flexibility index (Phi) is 6.09. The smallest absolute Gasteiger partial charge is 0.338 e. The molecule has 0 unspecified atom stereocenters. The molecule has 2 amide bonds. The fourth-order valence-electron chi connectivity index (χ4n) is 4.58. The van der Waals surface area contributed by atoms with Gasteiger partial charge in [0.25, 0.3) is 11.8 Å². The van der Waals surface area contributed by atoms with Gasteiger partial charge in [0.1, 0.15) is 5.76 Å². The number of aromatic nitrogens is 1. The quantitative estimate of drug-likeness (QED) is 0.205. The molecule has 8 heteroatoms. The first kappa shape index (κ1) is 24.0. The van der Waals surface area contributed by atoms with E-state index in [1.165, 1.54) is 18.2 Å². The van der Waals surface area contributed by atoms with Gasteiger partial charge in [-0.25, -0.2) is 9.69 Å². The lowest BCUT2D eigenvalue weighted by Gasteiger charge is -2.16. The molecule has 186 valence electrons. The Hall–Kier alpha value is -4.72. The highest BCUT2D eigenvalue weighted by molar-refractivity contribution is 6.35. The Morgan fingerprint density at radius 2 is 1.65 bits per heavy atom. The summed E-state index contributed by atoms with van der Waals surface area (Å²) < 4.78 is 12.6. The number of furan rings is 1. The Labute approximate surface area is 213 Å². The molecule has 0 saturated heterocycles. The molecular weight excluding hydrogens is 472 g/mol. The van der Waals surface area contributed by atoms with E-state index in [1.807, 2.05) is 43.5 Å². The molecule has 0 fully saturated rings. The van der Waals surface area contributed by atoms with E-state index in [9.17, 15) is 19.2 Å². The maximum Gasteiger partial charge on any atom is 0.338 e. The Morgan fingerprint density at radius 3 is 2.38 bits per heavy atom. The minimum absolute atomic E-state index is 0.0858. The van der Waals surface area contributed by atoms with Crippen molar-refractivity contribution in [3.8, 4) is 0 Å². The Balaban J connectivity index is 1.30. The number of carbonyl (C=O) groups excluding carboxylic acids is 4. The molecule has 3 heterocycles. The van der Waals surface area contributed by atoms with Crippen LogP contribution in [0.1, 0.15) is 64.1 Å². The van der Waals surface area contributed by atoms with Crippen LogP contribution in [-0.2, 0) is 11.3 Å². The number of para-hydroxylation sites is 1. The number of hydrogen-bond donors (Lipinski definition) is 0. The Bertz CT molecular complexity index is 1560. The fraction of sp³-hybridized carbons (Fsp3) is 0.172. The first-order chi connectivity index (χ1) is 17.8. The molecule has 0 aliphatic carbocycles.